The normalized spacial score (nSPS) is 15.9. The van der Waals surface area contributed by atoms with Gasteiger partial charge >= 0.3 is 12.1 Å². The fraction of sp³-hybridized carbons (Fsp3) is 0.393. The van der Waals surface area contributed by atoms with Crippen LogP contribution in [-0.4, -0.2) is 44.7 Å². The number of hydrogen-bond acceptors (Lipinski definition) is 7. The van der Waals surface area contributed by atoms with Crippen molar-refractivity contribution in [3.63, 3.8) is 0 Å². The van der Waals surface area contributed by atoms with Crippen LogP contribution < -0.4 is 5.32 Å². The summed E-state index contributed by atoms with van der Waals surface area (Å²) in [6.07, 6.45) is 2.39. The molecule has 8 nitrogen and oxygen atoms in total. The standard InChI is InChI=1S/C28H31NO7S/c1-2-35-27(31)25(29-28(32)36-18-19-7-4-3-5-8-19)15-16-37(33,34)21-12-13-22-20(17-21)11-14-26(30)24-10-6-9-23(22)24/h3-5,7-8,12-13,17,25H,2,6,9-11,14-16,18H2,1H3,(H,29,32). The van der Waals surface area contributed by atoms with Crippen LogP contribution in [0.2, 0.25) is 0 Å². The van der Waals surface area contributed by atoms with Gasteiger partial charge in [-0.15, -0.1) is 0 Å². The average Bonchev–Trinajstić information content (AvgIpc) is 3.34. The summed E-state index contributed by atoms with van der Waals surface area (Å²) in [5, 5.41) is 2.44. The van der Waals surface area contributed by atoms with Gasteiger partial charge in [0.05, 0.1) is 17.3 Å². The molecule has 0 aromatic heterocycles. The van der Waals surface area contributed by atoms with Crippen LogP contribution in [0.3, 0.4) is 0 Å². The second-order valence-electron chi connectivity index (χ2n) is 9.17. The lowest BCUT2D eigenvalue weighted by atomic mass is 9.98. The van der Waals surface area contributed by atoms with Crippen molar-refractivity contribution in [2.45, 2.75) is 63.0 Å². The fourth-order valence-electron chi connectivity index (χ4n) is 4.80. The summed E-state index contributed by atoms with van der Waals surface area (Å²) in [6, 6.07) is 12.9. The highest BCUT2D eigenvalue weighted by Crippen LogP contribution is 2.39. The Morgan fingerprint density at radius 3 is 2.49 bits per heavy atom. The average molecular weight is 526 g/mol. The molecule has 0 saturated heterocycles. The summed E-state index contributed by atoms with van der Waals surface area (Å²) in [6.45, 7) is 1.73. The van der Waals surface area contributed by atoms with Crippen LogP contribution in [0.1, 0.15) is 55.7 Å². The van der Waals surface area contributed by atoms with E-state index in [9.17, 15) is 22.8 Å². The van der Waals surface area contributed by atoms with E-state index < -0.39 is 27.9 Å². The molecule has 2 aromatic carbocycles. The smallest absolute Gasteiger partial charge is 0.408 e. The minimum Gasteiger partial charge on any atom is -0.464 e. The van der Waals surface area contributed by atoms with Crippen molar-refractivity contribution in [2.75, 3.05) is 12.4 Å². The van der Waals surface area contributed by atoms with Crippen LogP contribution in [0.4, 0.5) is 4.79 Å². The molecule has 0 bridgehead atoms. The maximum atomic E-state index is 13.2. The van der Waals surface area contributed by atoms with E-state index in [1.54, 1.807) is 37.3 Å². The third-order valence-corrected chi connectivity index (χ3v) is 8.43. The maximum Gasteiger partial charge on any atom is 0.408 e. The van der Waals surface area contributed by atoms with Crippen molar-refractivity contribution in [2.24, 2.45) is 0 Å². The topological polar surface area (TPSA) is 116 Å². The number of hydrogen-bond donors (Lipinski definition) is 1. The molecule has 1 amide bonds. The van der Waals surface area contributed by atoms with Crippen molar-refractivity contribution in [1.82, 2.24) is 5.32 Å². The summed E-state index contributed by atoms with van der Waals surface area (Å²) in [5.41, 5.74) is 4.52. The van der Waals surface area contributed by atoms with E-state index in [2.05, 4.69) is 5.32 Å². The quantitative estimate of drug-likeness (QED) is 0.489. The highest BCUT2D eigenvalue weighted by molar-refractivity contribution is 7.91. The number of fused-ring (bicyclic) bond motifs is 2. The number of amides is 1. The molecule has 37 heavy (non-hydrogen) atoms. The minimum absolute atomic E-state index is 0.0102. The number of carbonyl (C=O) groups is 3. The van der Waals surface area contributed by atoms with Gasteiger partial charge in [0.1, 0.15) is 12.6 Å². The number of Topliss-reactive ketones (excluding diaryl/α,β-unsaturated/α-hetero) is 1. The van der Waals surface area contributed by atoms with E-state index in [0.29, 0.717) is 12.8 Å². The van der Waals surface area contributed by atoms with Crippen LogP contribution in [0.5, 0.6) is 0 Å². The molecule has 1 unspecified atom stereocenters. The molecule has 9 heteroatoms. The van der Waals surface area contributed by atoms with Gasteiger partial charge in [-0.1, -0.05) is 36.4 Å². The summed E-state index contributed by atoms with van der Waals surface area (Å²) in [4.78, 5) is 37.4. The summed E-state index contributed by atoms with van der Waals surface area (Å²) in [5.74, 6) is -0.952. The molecule has 2 aromatic rings. The lowest BCUT2D eigenvalue weighted by Crippen LogP contribution is -2.43. The maximum absolute atomic E-state index is 13.2. The number of ketones is 1. The lowest BCUT2D eigenvalue weighted by molar-refractivity contribution is -0.145. The van der Waals surface area contributed by atoms with E-state index in [1.165, 1.54) is 0 Å². The highest BCUT2D eigenvalue weighted by Gasteiger charge is 2.29. The van der Waals surface area contributed by atoms with Gasteiger partial charge in [0, 0.05) is 6.42 Å². The second kappa shape index (κ2) is 11.7. The van der Waals surface area contributed by atoms with E-state index >= 15 is 0 Å². The van der Waals surface area contributed by atoms with Gasteiger partial charge in [0.15, 0.2) is 15.6 Å². The Morgan fingerprint density at radius 1 is 0.973 bits per heavy atom. The fourth-order valence-corrected chi connectivity index (χ4v) is 6.18. The Kier molecular flexibility index (Phi) is 8.43. The first-order chi connectivity index (χ1) is 17.8. The number of ether oxygens (including phenoxy) is 2. The summed E-state index contributed by atoms with van der Waals surface area (Å²) in [7, 11) is -3.78. The Balaban J connectivity index is 1.44. The lowest BCUT2D eigenvalue weighted by Gasteiger charge is -2.18. The summed E-state index contributed by atoms with van der Waals surface area (Å²) < 4.78 is 36.6. The molecule has 196 valence electrons. The van der Waals surface area contributed by atoms with Crippen LogP contribution in [-0.2, 0) is 41.9 Å². The molecule has 0 fully saturated rings. The van der Waals surface area contributed by atoms with Gasteiger partial charge in [-0.2, -0.15) is 0 Å². The second-order valence-corrected chi connectivity index (χ2v) is 11.3. The predicted octanol–water partition coefficient (Wildman–Crippen LogP) is 4.16. The molecule has 2 aliphatic rings. The number of nitrogens with one attached hydrogen (secondary N) is 1. The van der Waals surface area contributed by atoms with Crippen LogP contribution in [0.25, 0.3) is 5.57 Å². The van der Waals surface area contributed by atoms with E-state index in [-0.39, 0.29) is 36.1 Å². The first-order valence-electron chi connectivity index (χ1n) is 12.5. The Morgan fingerprint density at radius 2 is 1.73 bits per heavy atom. The van der Waals surface area contributed by atoms with E-state index in [1.807, 2.05) is 18.2 Å². The number of alkyl carbamates (subject to hydrolysis) is 1. The number of carbonyl (C=O) groups excluding carboxylic acids is 3. The molecule has 0 heterocycles. The zero-order chi connectivity index (χ0) is 26.4. The van der Waals surface area contributed by atoms with Gasteiger partial charge in [-0.3, -0.25) is 4.79 Å². The van der Waals surface area contributed by atoms with Crippen molar-refractivity contribution in [3.8, 4) is 0 Å². The van der Waals surface area contributed by atoms with Gasteiger partial charge < -0.3 is 14.8 Å². The Labute approximate surface area is 217 Å². The molecule has 0 spiro atoms. The Hall–Kier alpha value is -3.46. The molecule has 1 N–H and O–H groups in total. The van der Waals surface area contributed by atoms with Crippen LogP contribution >= 0.6 is 0 Å². The number of esters is 1. The van der Waals surface area contributed by atoms with Crippen molar-refractivity contribution < 1.29 is 32.3 Å². The molecular weight excluding hydrogens is 494 g/mol. The molecule has 0 radical (unpaired) electrons. The third-order valence-electron chi connectivity index (χ3n) is 6.69. The van der Waals surface area contributed by atoms with Gasteiger partial charge in [-0.25, -0.2) is 18.0 Å². The van der Waals surface area contributed by atoms with E-state index in [0.717, 1.165) is 47.1 Å². The minimum atomic E-state index is -3.78. The monoisotopic (exact) mass is 525 g/mol. The molecule has 1 atom stereocenters. The van der Waals surface area contributed by atoms with Gasteiger partial charge in [0.25, 0.3) is 0 Å². The molecule has 0 saturated carbocycles. The third kappa shape index (κ3) is 6.46. The predicted molar refractivity (Wildman–Crippen MR) is 137 cm³/mol. The molecule has 2 aliphatic carbocycles. The van der Waals surface area contributed by atoms with Gasteiger partial charge in [-0.05, 0) is 79.0 Å². The summed E-state index contributed by atoms with van der Waals surface area (Å²) >= 11 is 0. The van der Waals surface area contributed by atoms with Gasteiger partial charge in [0.2, 0.25) is 0 Å². The number of aryl methyl sites for hydroxylation is 1. The van der Waals surface area contributed by atoms with Crippen LogP contribution in [0.15, 0.2) is 59.0 Å². The SMILES string of the molecule is CCOC(=O)C(CCS(=O)(=O)c1ccc2c(c1)CCC(=O)C1=C2CCC1)NC(=O)OCc1ccccc1. The molecular formula is C28H31NO7S. The van der Waals surface area contributed by atoms with E-state index in [4.69, 9.17) is 9.47 Å². The largest absolute Gasteiger partial charge is 0.464 e. The molecule has 4 rings (SSSR count). The number of benzene rings is 2. The van der Waals surface area contributed by atoms with Crippen molar-refractivity contribution in [3.05, 3.63) is 70.8 Å². The highest BCUT2D eigenvalue weighted by atomic mass is 32.2. The Bertz CT molecular complexity index is 1320. The van der Waals surface area contributed by atoms with Crippen molar-refractivity contribution >= 4 is 33.3 Å². The number of sulfone groups is 1. The van der Waals surface area contributed by atoms with Crippen molar-refractivity contribution in [1.29, 1.82) is 0 Å². The molecule has 0 aliphatic heterocycles. The first-order valence-corrected chi connectivity index (χ1v) is 14.2. The first kappa shape index (κ1) is 26.6. The van der Waals surface area contributed by atoms with Crippen LogP contribution in [0, 0.1) is 0 Å². The number of allylic oxidation sites excluding steroid dienone is 2. The zero-order valence-corrected chi connectivity index (χ0v) is 21.6. The number of rotatable bonds is 9. The zero-order valence-electron chi connectivity index (χ0n) is 20.8.